The van der Waals surface area contributed by atoms with Gasteiger partial charge >= 0.3 is 0 Å². The molecule has 116 valence electrons. The number of nitrogens with one attached hydrogen (secondary N) is 1. The van der Waals surface area contributed by atoms with E-state index in [-0.39, 0.29) is 6.04 Å². The molecule has 2 atom stereocenters. The Bertz CT molecular complexity index is 630. The second kappa shape index (κ2) is 5.59. The summed E-state index contributed by atoms with van der Waals surface area (Å²) in [5, 5.41) is 3.05. The summed E-state index contributed by atoms with van der Waals surface area (Å²) in [5.41, 5.74) is 0.866. The fourth-order valence-corrected chi connectivity index (χ4v) is 5.35. The first-order valence-electron chi connectivity index (χ1n) is 7.39. The van der Waals surface area contributed by atoms with E-state index in [1.165, 1.54) is 6.42 Å². The monoisotopic (exact) mass is 310 g/mol. The first-order chi connectivity index (χ1) is 10.1. The highest BCUT2D eigenvalue weighted by atomic mass is 32.2. The Labute approximate surface area is 126 Å². The molecule has 21 heavy (non-hydrogen) atoms. The Morgan fingerprint density at radius 2 is 2.19 bits per heavy atom. The fraction of sp³-hybridized carbons (Fsp3) is 0.600. The SMILES string of the molecule is CNCc1cc(S(=O)(=O)N2CC3CCC2C3)ccc1OC. The second-order valence-corrected chi connectivity index (χ2v) is 7.80. The number of piperidine rings is 1. The first kappa shape index (κ1) is 14.8. The van der Waals surface area contributed by atoms with Crippen molar-refractivity contribution in [1.82, 2.24) is 9.62 Å². The third kappa shape index (κ3) is 2.56. The zero-order chi connectivity index (χ0) is 15.0. The van der Waals surface area contributed by atoms with Crippen molar-refractivity contribution in [2.45, 2.75) is 36.7 Å². The highest BCUT2D eigenvalue weighted by Crippen LogP contribution is 2.40. The quantitative estimate of drug-likeness (QED) is 0.897. The molecule has 0 spiro atoms. The zero-order valence-corrected chi connectivity index (χ0v) is 13.3. The lowest BCUT2D eigenvalue weighted by Gasteiger charge is -2.26. The minimum atomic E-state index is -3.39. The van der Waals surface area contributed by atoms with E-state index >= 15 is 0 Å². The molecule has 5 nitrogen and oxygen atoms in total. The third-order valence-electron chi connectivity index (χ3n) is 4.58. The van der Waals surface area contributed by atoms with E-state index in [1.807, 2.05) is 7.05 Å². The number of hydrogen-bond acceptors (Lipinski definition) is 4. The second-order valence-electron chi connectivity index (χ2n) is 5.91. The van der Waals surface area contributed by atoms with Crippen LogP contribution in [0, 0.1) is 5.92 Å². The van der Waals surface area contributed by atoms with Gasteiger partial charge in [0.25, 0.3) is 0 Å². The van der Waals surface area contributed by atoms with Gasteiger partial charge in [0.1, 0.15) is 5.75 Å². The Balaban J connectivity index is 1.93. The Hall–Kier alpha value is -1.11. The maximum absolute atomic E-state index is 12.8. The molecular formula is C15H22N2O3S. The maximum atomic E-state index is 12.8. The van der Waals surface area contributed by atoms with E-state index in [2.05, 4.69) is 5.32 Å². The first-order valence-corrected chi connectivity index (χ1v) is 8.83. The lowest BCUT2D eigenvalue weighted by molar-refractivity contribution is 0.333. The molecule has 2 fully saturated rings. The van der Waals surface area contributed by atoms with E-state index in [0.717, 1.165) is 18.4 Å². The number of nitrogens with zero attached hydrogens (tertiary/aromatic N) is 1. The minimum Gasteiger partial charge on any atom is -0.496 e. The topological polar surface area (TPSA) is 58.6 Å². The van der Waals surface area contributed by atoms with Crippen molar-refractivity contribution in [1.29, 1.82) is 0 Å². The van der Waals surface area contributed by atoms with Gasteiger partial charge < -0.3 is 10.1 Å². The lowest BCUT2D eigenvalue weighted by atomic mass is 10.1. The van der Waals surface area contributed by atoms with Crippen LogP contribution < -0.4 is 10.1 Å². The average Bonchev–Trinajstić information content (AvgIpc) is 3.10. The van der Waals surface area contributed by atoms with E-state index < -0.39 is 10.0 Å². The van der Waals surface area contributed by atoms with Gasteiger partial charge in [-0.2, -0.15) is 4.31 Å². The number of ether oxygens (including phenoxy) is 1. The van der Waals surface area contributed by atoms with Crippen LogP contribution in [0.25, 0.3) is 0 Å². The Morgan fingerprint density at radius 3 is 2.76 bits per heavy atom. The molecule has 1 aliphatic carbocycles. The van der Waals surface area contributed by atoms with Crippen LogP contribution >= 0.6 is 0 Å². The molecule has 1 aromatic rings. The van der Waals surface area contributed by atoms with Gasteiger partial charge in [0.15, 0.2) is 0 Å². The molecule has 1 saturated carbocycles. The van der Waals surface area contributed by atoms with Gasteiger partial charge in [-0.3, -0.25) is 0 Å². The molecule has 1 aliphatic heterocycles. The molecule has 2 unspecified atom stereocenters. The van der Waals surface area contributed by atoms with Crippen LogP contribution in [0.15, 0.2) is 23.1 Å². The molecule has 2 aliphatic rings. The predicted octanol–water partition coefficient (Wildman–Crippen LogP) is 1.59. The summed E-state index contributed by atoms with van der Waals surface area (Å²) in [7, 11) is 0.0473. The number of fused-ring (bicyclic) bond motifs is 2. The highest BCUT2D eigenvalue weighted by Gasteiger charge is 2.44. The van der Waals surface area contributed by atoms with E-state index in [9.17, 15) is 8.42 Å². The van der Waals surface area contributed by atoms with Crippen LogP contribution in [0.5, 0.6) is 5.75 Å². The summed E-state index contributed by atoms with van der Waals surface area (Å²) in [6.45, 7) is 1.26. The standard InChI is InChI=1S/C15H22N2O3S/c1-16-9-12-8-14(5-6-15(12)20-2)21(18,19)17-10-11-3-4-13(17)7-11/h5-6,8,11,13,16H,3-4,7,9-10H2,1-2H3. The van der Waals surface area contributed by atoms with Gasteiger partial charge in [-0.25, -0.2) is 8.42 Å². The molecule has 1 saturated heterocycles. The van der Waals surface area contributed by atoms with Gasteiger partial charge in [0.05, 0.1) is 12.0 Å². The largest absolute Gasteiger partial charge is 0.496 e. The number of rotatable bonds is 5. The normalized spacial score (nSPS) is 25.4. The van der Waals surface area contributed by atoms with Crippen molar-refractivity contribution in [2.24, 2.45) is 5.92 Å². The third-order valence-corrected chi connectivity index (χ3v) is 6.50. The van der Waals surface area contributed by atoms with Gasteiger partial charge in [0, 0.05) is 24.7 Å². The van der Waals surface area contributed by atoms with E-state index in [0.29, 0.717) is 29.7 Å². The smallest absolute Gasteiger partial charge is 0.243 e. The van der Waals surface area contributed by atoms with Crippen LogP contribution in [0.3, 0.4) is 0 Å². The molecule has 1 aromatic carbocycles. The molecular weight excluding hydrogens is 288 g/mol. The fourth-order valence-electron chi connectivity index (χ4n) is 3.55. The van der Waals surface area contributed by atoms with Crippen LogP contribution in [-0.4, -0.2) is 39.5 Å². The van der Waals surface area contributed by atoms with Gasteiger partial charge in [-0.1, -0.05) is 0 Å². The van der Waals surface area contributed by atoms with Crippen LogP contribution in [0.1, 0.15) is 24.8 Å². The molecule has 0 amide bonds. The molecule has 6 heteroatoms. The molecule has 2 bridgehead atoms. The Kier molecular flexibility index (Phi) is 3.94. The van der Waals surface area contributed by atoms with Crippen molar-refractivity contribution < 1.29 is 13.2 Å². The van der Waals surface area contributed by atoms with Crippen molar-refractivity contribution >= 4 is 10.0 Å². The summed E-state index contributed by atoms with van der Waals surface area (Å²) in [6.07, 6.45) is 3.20. The highest BCUT2D eigenvalue weighted by molar-refractivity contribution is 7.89. The van der Waals surface area contributed by atoms with E-state index in [4.69, 9.17) is 4.74 Å². The molecule has 0 aromatic heterocycles. The van der Waals surface area contributed by atoms with Gasteiger partial charge in [0.2, 0.25) is 10.0 Å². The van der Waals surface area contributed by atoms with Crippen molar-refractivity contribution in [2.75, 3.05) is 20.7 Å². The van der Waals surface area contributed by atoms with Crippen LogP contribution in [-0.2, 0) is 16.6 Å². The number of hydrogen-bond donors (Lipinski definition) is 1. The predicted molar refractivity (Wildman–Crippen MR) is 80.8 cm³/mol. The van der Waals surface area contributed by atoms with Crippen molar-refractivity contribution in [3.05, 3.63) is 23.8 Å². The maximum Gasteiger partial charge on any atom is 0.243 e. The van der Waals surface area contributed by atoms with E-state index in [1.54, 1.807) is 29.6 Å². The van der Waals surface area contributed by atoms with Crippen LogP contribution in [0.2, 0.25) is 0 Å². The summed E-state index contributed by atoms with van der Waals surface area (Å²) in [6, 6.07) is 5.33. The molecule has 0 radical (unpaired) electrons. The lowest BCUT2D eigenvalue weighted by Crippen LogP contribution is -2.37. The summed E-state index contributed by atoms with van der Waals surface area (Å²) in [4.78, 5) is 0.376. The molecule has 1 heterocycles. The zero-order valence-electron chi connectivity index (χ0n) is 12.5. The Morgan fingerprint density at radius 1 is 1.38 bits per heavy atom. The summed E-state index contributed by atoms with van der Waals surface area (Å²) in [5.74, 6) is 1.27. The van der Waals surface area contributed by atoms with Crippen LogP contribution in [0.4, 0.5) is 0 Å². The van der Waals surface area contributed by atoms with Crippen molar-refractivity contribution in [3.8, 4) is 5.75 Å². The molecule has 3 rings (SSSR count). The minimum absolute atomic E-state index is 0.204. The van der Waals surface area contributed by atoms with Gasteiger partial charge in [-0.05, 0) is 50.4 Å². The summed E-state index contributed by atoms with van der Waals surface area (Å²) < 4.78 is 32.7. The average molecular weight is 310 g/mol. The molecule has 1 N–H and O–H groups in total. The number of benzene rings is 1. The number of sulfonamides is 1. The summed E-state index contributed by atoms with van der Waals surface area (Å²) >= 11 is 0. The van der Waals surface area contributed by atoms with Crippen molar-refractivity contribution in [3.63, 3.8) is 0 Å². The van der Waals surface area contributed by atoms with Gasteiger partial charge in [-0.15, -0.1) is 0 Å². The number of methoxy groups -OCH3 is 1.